The number of imidazole rings is 2. The Balaban J connectivity index is 1.91. The van der Waals surface area contributed by atoms with Crippen molar-refractivity contribution in [3.8, 4) is 0 Å². The van der Waals surface area contributed by atoms with Crippen molar-refractivity contribution < 1.29 is 0 Å². The summed E-state index contributed by atoms with van der Waals surface area (Å²) in [6.45, 7) is 0. The Morgan fingerprint density at radius 3 is 1.75 bits per heavy atom. The van der Waals surface area contributed by atoms with E-state index in [1.54, 1.807) is 24.8 Å². The predicted octanol–water partition coefficient (Wildman–Crippen LogP) is 0.572. The van der Waals surface area contributed by atoms with Crippen LogP contribution in [0.3, 0.4) is 0 Å². The number of aromatic nitrogens is 4. The van der Waals surface area contributed by atoms with Gasteiger partial charge in [-0.2, -0.15) is 0 Å². The number of H-pyrrole nitrogens is 2. The van der Waals surface area contributed by atoms with Crippen LogP contribution in [0.2, 0.25) is 0 Å². The minimum absolute atomic E-state index is 0.645. The number of nitrogens with zero attached hydrogens (tertiary/aromatic N) is 2. The topological polar surface area (TPSA) is 81.4 Å². The van der Waals surface area contributed by atoms with Gasteiger partial charge in [0.2, 0.25) is 11.9 Å². The standard InChI is InChI=1S/C6H8N6/c1-2-8-5(7-1)11-12-6-9-3-4-10-6/h1-4H,(H2,7,8,11)(H2,9,10,12). The molecule has 0 aromatic carbocycles. The minimum Gasteiger partial charge on any atom is -0.330 e. The van der Waals surface area contributed by atoms with Gasteiger partial charge in [0.1, 0.15) is 0 Å². The van der Waals surface area contributed by atoms with E-state index in [4.69, 9.17) is 0 Å². The Bertz CT molecular complexity index is 275. The van der Waals surface area contributed by atoms with Crippen molar-refractivity contribution >= 4 is 11.9 Å². The average molecular weight is 164 g/mol. The first-order valence-corrected chi connectivity index (χ1v) is 3.46. The van der Waals surface area contributed by atoms with Crippen LogP contribution in [0.15, 0.2) is 24.8 Å². The molecule has 2 heterocycles. The van der Waals surface area contributed by atoms with Crippen LogP contribution in [0.1, 0.15) is 0 Å². The fraction of sp³-hybridized carbons (Fsp3) is 0. The van der Waals surface area contributed by atoms with Crippen LogP contribution in [0.5, 0.6) is 0 Å². The third-order valence-corrected chi connectivity index (χ3v) is 1.30. The second-order valence-electron chi connectivity index (χ2n) is 2.13. The molecule has 12 heavy (non-hydrogen) atoms. The lowest BCUT2D eigenvalue weighted by atomic mass is 11.0. The van der Waals surface area contributed by atoms with Crippen molar-refractivity contribution in [1.82, 2.24) is 19.9 Å². The summed E-state index contributed by atoms with van der Waals surface area (Å²) in [7, 11) is 0. The number of hydrogen-bond donors (Lipinski definition) is 4. The molecule has 0 atom stereocenters. The number of anilines is 2. The van der Waals surface area contributed by atoms with Crippen LogP contribution in [-0.2, 0) is 0 Å². The maximum atomic E-state index is 3.94. The van der Waals surface area contributed by atoms with Crippen LogP contribution < -0.4 is 10.9 Å². The molecule has 62 valence electrons. The highest BCUT2D eigenvalue weighted by atomic mass is 15.4. The van der Waals surface area contributed by atoms with Crippen molar-refractivity contribution in [1.29, 1.82) is 0 Å². The quantitative estimate of drug-likeness (QED) is 0.500. The molecular formula is C6H8N6. The lowest BCUT2D eigenvalue weighted by molar-refractivity contribution is 1.18. The molecule has 0 aliphatic carbocycles. The number of hydrogen-bond acceptors (Lipinski definition) is 4. The molecule has 0 spiro atoms. The number of rotatable bonds is 3. The van der Waals surface area contributed by atoms with Gasteiger partial charge in [0.15, 0.2) is 0 Å². The van der Waals surface area contributed by atoms with E-state index in [0.29, 0.717) is 11.9 Å². The third kappa shape index (κ3) is 1.36. The SMILES string of the molecule is c1c[nH]c(NNc2ncc[nH]2)n1. The molecule has 0 amide bonds. The highest BCUT2D eigenvalue weighted by molar-refractivity contribution is 5.34. The van der Waals surface area contributed by atoms with E-state index < -0.39 is 0 Å². The van der Waals surface area contributed by atoms with Crippen molar-refractivity contribution in [2.24, 2.45) is 0 Å². The monoisotopic (exact) mass is 164 g/mol. The molecule has 0 saturated carbocycles. The van der Waals surface area contributed by atoms with Gasteiger partial charge < -0.3 is 9.97 Å². The predicted molar refractivity (Wildman–Crippen MR) is 44.4 cm³/mol. The Kier molecular flexibility index (Phi) is 1.65. The molecule has 6 heteroatoms. The zero-order chi connectivity index (χ0) is 8.23. The first kappa shape index (κ1) is 6.71. The molecule has 0 radical (unpaired) electrons. The summed E-state index contributed by atoms with van der Waals surface area (Å²) in [5, 5.41) is 0. The van der Waals surface area contributed by atoms with E-state index in [-0.39, 0.29) is 0 Å². The van der Waals surface area contributed by atoms with Gasteiger partial charge in [0, 0.05) is 24.8 Å². The van der Waals surface area contributed by atoms with E-state index >= 15 is 0 Å². The number of hydrazine groups is 1. The summed E-state index contributed by atoms with van der Waals surface area (Å²) in [4.78, 5) is 13.6. The first-order chi connectivity index (χ1) is 5.95. The summed E-state index contributed by atoms with van der Waals surface area (Å²) in [5.41, 5.74) is 5.63. The maximum Gasteiger partial charge on any atom is 0.219 e. The average Bonchev–Trinajstić information content (AvgIpc) is 2.74. The molecule has 2 aromatic heterocycles. The van der Waals surface area contributed by atoms with Crippen LogP contribution in [0.25, 0.3) is 0 Å². The molecule has 6 nitrogen and oxygen atoms in total. The smallest absolute Gasteiger partial charge is 0.219 e. The van der Waals surface area contributed by atoms with E-state index in [2.05, 4.69) is 30.8 Å². The Morgan fingerprint density at radius 2 is 1.42 bits per heavy atom. The van der Waals surface area contributed by atoms with Gasteiger partial charge in [-0.1, -0.05) is 0 Å². The van der Waals surface area contributed by atoms with E-state index in [1.807, 2.05) is 0 Å². The van der Waals surface area contributed by atoms with Crippen molar-refractivity contribution in [3.05, 3.63) is 24.8 Å². The molecule has 0 fully saturated rings. The van der Waals surface area contributed by atoms with Gasteiger partial charge >= 0.3 is 0 Å². The highest BCUT2D eigenvalue weighted by Crippen LogP contribution is 1.97. The van der Waals surface area contributed by atoms with E-state index in [0.717, 1.165) is 0 Å². The number of aromatic amines is 2. The normalized spacial score (nSPS) is 9.67. The van der Waals surface area contributed by atoms with Gasteiger partial charge in [-0.3, -0.25) is 10.9 Å². The summed E-state index contributed by atoms with van der Waals surface area (Å²) >= 11 is 0. The second-order valence-corrected chi connectivity index (χ2v) is 2.13. The van der Waals surface area contributed by atoms with Gasteiger partial charge in [-0.25, -0.2) is 9.97 Å². The van der Waals surface area contributed by atoms with Gasteiger partial charge in [0.05, 0.1) is 0 Å². The van der Waals surface area contributed by atoms with Crippen molar-refractivity contribution in [2.45, 2.75) is 0 Å². The fourth-order valence-corrected chi connectivity index (χ4v) is 0.786. The van der Waals surface area contributed by atoms with Crippen LogP contribution in [0, 0.1) is 0 Å². The zero-order valence-electron chi connectivity index (χ0n) is 6.20. The van der Waals surface area contributed by atoms with Crippen molar-refractivity contribution in [2.75, 3.05) is 10.9 Å². The summed E-state index contributed by atoms with van der Waals surface area (Å²) < 4.78 is 0. The van der Waals surface area contributed by atoms with E-state index in [1.165, 1.54) is 0 Å². The molecule has 0 aliphatic heterocycles. The minimum atomic E-state index is 0.645. The van der Waals surface area contributed by atoms with Crippen molar-refractivity contribution in [3.63, 3.8) is 0 Å². The van der Waals surface area contributed by atoms with Crippen LogP contribution >= 0.6 is 0 Å². The lowest BCUT2D eigenvalue weighted by Crippen LogP contribution is -2.10. The molecule has 0 aliphatic rings. The largest absolute Gasteiger partial charge is 0.330 e. The maximum absolute atomic E-state index is 3.94. The first-order valence-electron chi connectivity index (χ1n) is 3.46. The number of nitrogens with one attached hydrogen (secondary N) is 4. The summed E-state index contributed by atoms with van der Waals surface area (Å²) in [6.07, 6.45) is 6.77. The molecule has 0 unspecified atom stereocenters. The Morgan fingerprint density at radius 1 is 0.917 bits per heavy atom. The molecule has 0 saturated heterocycles. The summed E-state index contributed by atoms with van der Waals surface area (Å²) in [6, 6.07) is 0. The molecule has 2 rings (SSSR count). The third-order valence-electron chi connectivity index (χ3n) is 1.30. The lowest BCUT2D eigenvalue weighted by Gasteiger charge is -2.01. The Labute approximate surface area is 68.4 Å². The van der Waals surface area contributed by atoms with Gasteiger partial charge in [0.25, 0.3) is 0 Å². The molecule has 2 aromatic rings. The highest BCUT2D eigenvalue weighted by Gasteiger charge is 1.92. The van der Waals surface area contributed by atoms with E-state index in [9.17, 15) is 0 Å². The second kappa shape index (κ2) is 2.95. The fourth-order valence-electron chi connectivity index (χ4n) is 0.786. The zero-order valence-corrected chi connectivity index (χ0v) is 6.20. The Hall–Kier alpha value is -1.98. The van der Waals surface area contributed by atoms with Gasteiger partial charge in [-0.05, 0) is 0 Å². The van der Waals surface area contributed by atoms with Crippen LogP contribution in [0.4, 0.5) is 11.9 Å². The molecule has 4 N–H and O–H groups in total. The van der Waals surface area contributed by atoms with Crippen LogP contribution in [-0.4, -0.2) is 19.9 Å². The van der Waals surface area contributed by atoms with Gasteiger partial charge in [-0.15, -0.1) is 0 Å². The summed E-state index contributed by atoms with van der Waals surface area (Å²) in [5.74, 6) is 1.29. The molecule has 0 bridgehead atoms. The molecular weight excluding hydrogens is 156 g/mol.